The van der Waals surface area contributed by atoms with Crippen molar-refractivity contribution in [1.82, 2.24) is 19.9 Å². The molecule has 0 unspecified atom stereocenters. The predicted molar refractivity (Wildman–Crippen MR) is 71.1 cm³/mol. The Hall–Kier alpha value is -2.76. The molecule has 2 aromatic carbocycles. The van der Waals surface area contributed by atoms with E-state index < -0.39 is 0 Å². The van der Waals surface area contributed by atoms with Crippen LogP contribution in [-0.2, 0) is 0 Å². The second-order valence-corrected chi connectivity index (χ2v) is 4.49. The molecule has 6 heteroatoms. The molecule has 0 radical (unpaired) electrons. The SMILES string of the molecule is Fc1ccc2nc(-c3nc4ccc(F)cc4[nH]3)[nH]c2c1. The highest BCUT2D eigenvalue weighted by atomic mass is 19.1. The summed E-state index contributed by atoms with van der Waals surface area (Å²) in [5, 5.41) is 0. The van der Waals surface area contributed by atoms with Crippen molar-refractivity contribution < 1.29 is 8.78 Å². The normalized spacial score (nSPS) is 11.5. The number of benzene rings is 2. The van der Waals surface area contributed by atoms with Crippen molar-refractivity contribution >= 4 is 22.1 Å². The number of hydrogen-bond acceptors (Lipinski definition) is 2. The van der Waals surface area contributed by atoms with Crippen LogP contribution in [0.4, 0.5) is 8.78 Å². The summed E-state index contributed by atoms with van der Waals surface area (Å²) in [6.07, 6.45) is 0. The fourth-order valence-electron chi connectivity index (χ4n) is 2.19. The first-order valence-corrected chi connectivity index (χ1v) is 6.00. The number of aromatic amines is 2. The maximum Gasteiger partial charge on any atom is 0.174 e. The minimum absolute atomic E-state index is 0.334. The van der Waals surface area contributed by atoms with E-state index in [-0.39, 0.29) is 11.6 Å². The standard InChI is InChI=1S/C14H8F2N4/c15-7-1-3-9-11(5-7)19-13(17-9)14-18-10-4-2-8(16)6-12(10)20-14/h1-6H,(H,17,19)(H,18,20). The molecule has 2 heterocycles. The van der Waals surface area contributed by atoms with Crippen LogP contribution >= 0.6 is 0 Å². The highest BCUT2D eigenvalue weighted by Gasteiger charge is 2.10. The summed E-state index contributed by atoms with van der Waals surface area (Å²) in [4.78, 5) is 14.6. The number of hydrogen-bond donors (Lipinski definition) is 2. The van der Waals surface area contributed by atoms with Crippen LogP contribution in [0.2, 0.25) is 0 Å². The first-order valence-electron chi connectivity index (χ1n) is 6.00. The molecular formula is C14H8F2N4. The Kier molecular flexibility index (Phi) is 2.14. The van der Waals surface area contributed by atoms with Crippen LogP contribution in [0.3, 0.4) is 0 Å². The highest BCUT2D eigenvalue weighted by Crippen LogP contribution is 2.22. The Bertz CT molecular complexity index is 861. The lowest BCUT2D eigenvalue weighted by molar-refractivity contribution is 0.629. The number of imidazole rings is 2. The van der Waals surface area contributed by atoms with Crippen molar-refractivity contribution in [1.29, 1.82) is 0 Å². The minimum atomic E-state index is -0.334. The molecule has 0 aliphatic rings. The van der Waals surface area contributed by atoms with Gasteiger partial charge in [-0.25, -0.2) is 18.7 Å². The van der Waals surface area contributed by atoms with Gasteiger partial charge in [0.15, 0.2) is 11.6 Å². The van der Waals surface area contributed by atoms with Gasteiger partial charge in [0.2, 0.25) is 0 Å². The third kappa shape index (κ3) is 1.65. The summed E-state index contributed by atoms with van der Waals surface area (Å²) in [5.74, 6) is 0.308. The Morgan fingerprint density at radius 3 is 1.60 bits per heavy atom. The van der Waals surface area contributed by atoms with Gasteiger partial charge in [-0.2, -0.15) is 0 Å². The lowest BCUT2D eigenvalue weighted by atomic mass is 10.3. The fourth-order valence-corrected chi connectivity index (χ4v) is 2.19. The number of aromatic nitrogens is 4. The first kappa shape index (κ1) is 11.1. The second-order valence-electron chi connectivity index (χ2n) is 4.49. The van der Waals surface area contributed by atoms with Gasteiger partial charge in [-0.1, -0.05) is 0 Å². The summed E-state index contributed by atoms with van der Waals surface area (Å²) >= 11 is 0. The molecule has 0 fully saturated rings. The van der Waals surface area contributed by atoms with Crippen molar-refractivity contribution in [3.05, 3.63) is 48.0 Å². The van der Waals surface area contributed by atoms with Gasteiger partial charge >= 0.3 is 0 Å². The van der Waals surface area contributed by atoms with Gasteiger partial charge in [-0.15, -0.1) is 0 Å². The summed E-state index contributed by atoms with van der Waals surface area (Å²) in [5.41, 5.74) is 2.47. The quantitative estimate of drug-likeness (QED) is 0.557. The number of nitrogens with zero attached hydrogens (tertiary/aromatic N) is 2. The van der Waals surface area contributed by atoms with E-state index in [0.717, 1.165) is 0 Å². The Morgan fingerprint density at radius 1 is 0.700 bits per heavy atom. The van der Waals surface area contributed by atoms with Gasteiger partial charge in [0.05, 0.1) is 22.1 Å². The van der Waals surface area contributed by atoms with E-state index in [4.69, 9.17) is 0 Å². The van der Waals surface area contributed by atoms with Gasteiger partial charge in [0.25, 0.3) is 0 Å². The van der Waals surface area contributed by atoms with Gasteiger partial charge in [0.1, 0.15) is 11.6 Å². The van der Waals surface area contributed by atoms with E-state index in [1.54, 1.807) is 12.1 Å². The molecule has 20 heavy (non-hydrogen) atoms. The molecular weight excluding hydrogens is 262 g/mol. The molecule has 0 saturated heterocycles. The molecule has 0 amide bonds. The fraction of sp³-hybridized carbons (Fsp3) is 0. The van der Waals surface area contributed by atoms with E-state index in [2.05, 4.69) is 19.9 Å². The van der Waals surface area contributed by atoms with Crippen molar-refractivity contribution in [2.45, 2.75) is 0 Å². The van der Waals surface area contributed by atoms with Crippen molar-refractivity contribution in [3.8, 4) is 11.6 Å². The predicted octanol–water partition coefficient (Wildman–Crippen LogP) is 3.38. The largest absolute Gasteiger partial charge is 0.335 e. The minimum Gasteiger partial charge on any atom is -0.335 e. The molecule has 0 aliphatic carbocycles. The van der Waals surface area contributed by atoms with Crippen LogP contribution in [0.1, 0.15) is 0 Å². The molecule has 4 nitrogen and oxygen atoms in total. The van der Waals surface area contributed by atoms with Crippen LogP contribution in [0.25, 0.3) is 33.7 Å². The highest BCUT2D eigenvalue weighted by molar-refractivity contribution is 5.82. The molecule has 4 rings (SSSR count). The Morgan fingerprint density at radius 2 is 1.15 bits per heavy atom. The zero-order chi connectivity index (χ0) is 13.7. The maximum atomic E-state index is 13.1. The smallest absolute Gasteiger partial charge is 0.174 e. The number of halogens is 2. The Labute approximate surface area is 111 Å². The van der Waals surface area contributed by atoms with Crippen molar-refractivity contribution in [2.75, 3.05) is 0 Å². The molecule has 0 bridgehead atoms. The van der Waals surface area contributed by atoms with E-state index in [0.29, 0.717) is 33.7 Å². The van der Waals surface area contributed by atoms with Gasteiger partial charge in [0, 0.05) is 0 Å². The average molecular weight is 270 g/mol. The first-order chi connectivity index (χ1) is 9.69. The van der Waals surface area contributed by atoms with Crippen LogP contribution < -0.4 is 0 Å². The molecule has 2 aromatic heterocycles. The van der Waals surface area contributed by atoms with Gasteiger partial charge in [-0.3, -0.25) is 0 Å². The molecule has 2 N–H and O–H groups in total. The number of fused-ring (bicyclic) bond motifs is 2. The van der Waals surface area contributed by atoms with Crippen LogP contribution in [0, 0.1) is 11.6 Å². The van der Waals surface area contributed by atoms with E-state index in [1.165, 1.54) is 24.3 Å². The lowest BCUT2D eigenvalue weighted by Crippen LogP contribution is -1.81. The second kappa shape index (κ2) is 3.86. The third-order valence-electron chi connectivity index (χ3n) is 3.11. The summed E-state index contributed by atoms with van der Waals surface area (Å²) < 4.78 is 26.3. The van der Waals surface area contributed by atoms with Crippen LogP contribution in [-0.4, -0.2) is 19.9 Å². The van der Waals surface area contributed by atoms with Gasteiger partial charge < -0.3 is 9.97 Å². The zero-order valence-corrected chi connectivity index (χ0v) is 10.1. The number of nitrogens with one attached hydrogen (secondary N) is 2. The van der Waals surface area contributed by atoms with E-state index >= 15 is 0 Å². The number of rotatable bonds is 1. The monoisotopic (exact) mass is 270 g/mol. The zero-order valence-electron chi connectivity index (χ0n) is 10.1. The topological polar surface area (TPSA) is 57.4 Å². The number of H-pyrrole nitrogens is 2. The lowest BCUT2D eigenvalue weighted by Gasteiger charge is -1.87. The third-order valence-corrected chi connectivity index (χ3v) is 3.11. The molecule has 0 saturated carbocycles. The summed E-state index contributed by atoms with van der Waals surface area (Å²) in [7, 11) is 0. The van der Waals surface area contributed by atoms with E-state index in [1.807, 2.05) is 0 Å². The average Bonchev–Trinajstić information content (AvgIpc) is 3.00. The Balaban J connectivity index is 1.91. The molecule has 98 valence electrons. The van der Waals surface area contributed by atoms with Crippen molar-refractivity contribution in [2.24, 2.45) is 0 Å². The van der Waals surface area contributed by atoms with Crippen molar-refractivity contribution in [3.63, 3.8) is 0 Å². The molecule has 0 spiro atoms. The molecule has 0 aliphatic heterocycles. The van der Waals surface area contributed by atoms with Gasteiger partial charge in [-0.05, 0) is 36.4 Å². The van der Waals surface area contributed by atoms with Crippen LogP contribution in [0.5, 0.6) is 0 Å². The summed E-state index contributed by atoms with van der Waals surface area (Å²) in [6, 6.07) is 8.62. The van der Waals surface area contributed by atoms with E-state index in [9.17, 15) is 8.78 Å². The maximum absolute atomic E-state index is 13.1. The molecule has 4 aromatic rings. The summed E-state index contributed by atoms with van der Waals surface area (Å²) in [6.45, 7) is 0. The van der Waals surface area contributed by atoms with Crippen LogP contribution in [0.15, 0.2) is 36.4 Å². The molecule has 0 atom stereocenters.